The smallest absolute Gasteiger partial charge is 0.261 e. The monoisotopic (exact) mass is 251 g/mol. The van der Waals surface area contributed by atoms with Crippen LogP contribution in [-0.4, -0.2) is 25.1 Å². The maximum absolute atomic E-state index is 9.19. The molecule has 1 N–H and O–H groups in total. The molecule has 0 amide bonds. The first kappa shape index (κ1) is 17.8. The van der Waals surface area contributed by atoms with Gasteiger partial charge >= 0.3 is 0 Å². The number of hydrogen-bond acceptors (Lipinski definition) is 2. The maximum Gasteiger partial charge on any atom is 0.261 e. The molecule has 66 valence electrons. The van der Waals surface area contributed by atoms with E-state index in [-0.39, 0.29) is 19.5 Å². The van der Waals surface area contributed by atoms with E-state index in [0.717, 1.165) is 18.7 Å². The van der Waals surface area contributed by atoms with Crippen LogP contribution in [0, 0.1) is 6.92 Å². The number of rotatable bonds is 2. The van der Waals surface area contributed by atoms with Gasteiger partial charge in [-0.15, -0.1) is 11.6 Å². The topological polar surface area (TPSA) is 54.4 Å². The summed E-state index contributed by atoms with van der Waals surface area (Å²) >= 11 is 5.26. The molecule has 0 saturated heterocycles. The summed E-state index contributed by atoms with van der Waals surface area (Å²) in [6.45, 7) is 3.59. The van der Waals surface area contributed by atoms with Crippen molar-refractivity contribution in [3.8, 4) is 0 Å². The van der Waals surface area contributed by atoms with E-state index in [1.165, 1.54) is 0 Å². The van der Waals surface area contributed by atoms with Gasteiger partial charge in [-0.2, -0.15) is 14.8 Å². The molecule has 0 aliphatic heterocycles. The first-order chi connectivity index (χ1) is 4.41. The van der Waals surface area contributed by atoms with Gasteiger partial charge in [0.15, 0.2) is 0 Å². The predicted molar refractivity (Wildman–Crippen MR) is 42.8 cm³/mol. The van der Waals surface area contributed by atoms with E-state index in [1.54, 1.807) is 0 Å². The second-order valence-corrected chi connectivity index (χ2v) is 3.47. The predicted octanol–water partition coefficient (Wildman–Crippen LogP) is 1.34. The van der Waals surface area contributed by atoms with Crippen molar-refractivity contribution in [3.05, 3.63) is 6.92 Å². The van der Waals surface area contributed by atoms with Gasteiger partial charge in [-0.1, -0.05) is 6.42 Å². The van der Waals surface area contributed by atoms with Crippen molar-refractivity contribution < 1.29 is 32.4 Å². The van der Waals surface area contributed by atoms with E-state index < -0.39 is 10.1 Å². The summed E-state index contributed by atoms with van der Waals surface area (Å²) in [7, 11) is -3.67. The van der Waals surface area contributed by atoms with Crippen molar-refractivity contribution in [1.29, 1.82) is 0 Å². The summed E-state index contributed by atoms with van der Waals surface area (Å²) in [6, 6.07) is 0. The molecule has 0 unspecified atom stereocenters. The van der Waals surface area contributed by atoms with E-state index in [1.807, 2.05) is 0 Å². The molecule has 0 aromatic carbocycles. The van der Waals surface area contributed by atoms with E-state index in [4.69, 9.17) is 16.2 Å². The van der Waals surface area contributed by atoms with Gasteiger partial charge in [-0.25, -0.2) is 0 Å². The van der Waals surface area contributed by atoms with Crippen LogP contribution in [0.3, 0.4) is 0 Å². The Kier molecular flexibility index (Phi) is 17.5. The Balaban J connectivity index is -0.000000107. The SMILES string of the molecule is CS(=O)(=O)O.[CH2-]CCCCl.[Zn]. The Labute approximate surface area is 86.0 Å². The van der Waals surface area contributed by atoms with Crippen molar-refractivity contribution in [2.24, 2.45) is 0 Å². The molecule has 0 bridgehead atoms. The van der Waals surface area contributed by atoms with Crippen LogP contribution in [0.15, 0.2) is 0 Å². The Morgan fingerprint density at radius 3 is 1.82 bits per heavy atom. The molecule has 0 aliphatic rings. The minimum absolute atomic E-state index is 0. The fourth-order valence-corrected chi connectivity index (χ4v) is 0.283. The summed E-state index contributed by atoms with van der Waals surface area (Å²) in [4.78, 5) is 0. The van der Waals surface area contributed by atoms with Crippen molar-refractivity contribution >= 4 is 21.7 Å². The fraction of sp³-hybridized carbons (Fsp3) is 0.800. The summed E-state index contributed by atoms with van der Waals surface area (Å²) in [6.07, 6.45) is 2.72. The molecule has 0 saturated carbocycles. The number of unbranched alkanes of at least 4 members (excludes halogenated alkanes) is 1. The van der Waals surface area contributed by atoms with Gasteiger partial charge in [0.2, 0.25) is 0 Å². The number of halogens is 1. The van der Waals surface area contributed by atoms with Crippen LogP contribution in [0.4, 0.5) is 0 Å². The third kappa shape index (κ3) is 106. The average Bonchev–Trinajstić information content (AvgIpc) is 1.63. The molecule has 0 heterocycles. The van der Waals surface area contributed by atoms with Crippen LogP contribution in [0.1, 0.15) is 12.8 Å². The van der Waals surface area contributed by atoms with Crippen LogP contribution in [0.2, 0.25) is 0 Å². The maximum atomic E-state index is 9.19. The van der Waals surface area contributed by atoms with Gasteiger partial charge in [0.1, 0.15) is 0 Å². The van der Waals surface area contributed by atoms with Crippen molar-refractivity contribution in [2.75, 3.05) is 12.1 Å². The largest absolute Gasteiger partial charge is 0.343 e. The van der Waals surface area contributed by atoms with E-state index in [9.17, 15) is 8.42 Å². The number of hydrogen-bond donors (Lipinski definition) is 1. The molecule has 0 fully saturated rings. The summed E-state index contributed by atoms with van der Waals surface area (Å²) in [5, 5.41) is 0. The third-order valence-corrected chi connectivity index (χ3v) is 0.651. The van der Waals surface area contributed by atoms with E-state index >= 15 is 0 Å². The molecule has 0 aromatic rings. The average molecular weight is 253 g/mol. The van der Waals surface area contributed by atoms with Crippen molar-refractivity contribution in [1.82, 2.24) is 0 Å². The molecule has 0 spiro atoms. The quantitative estimate of drug-likeness (QED) is 0.349. The molecule has 0 atom stereocenters. The van der Waals surface area contributed by atoms with E-state index in [2.05, 4.69) is 6.92 Å². The minimum Gasteiger partial charge on any atom is -0.343 e. The molecule has 3 nitrogen and oxygen atoms in total. The Bertz CT molecular complexity index is 136. The third-order valence-electron chi connectivity index (χ3n) is 0.384. The van der Waals surface area contributed by atoms with Gasteiger partial charge in [-0.3, -0.25) is 4.55 Å². The van der Waals surface area contributed by atoms with Gasteiger partial charge in [0.25, 0.3) is 10.1 Å². The second-order valence-electron chi connectivity index (χ2n) is 1.63. The molecular formula is C5H12ClO3SZn-. The van der Waals surface area contributed by atoms with Gasteiger partial charge in [-0.05, 0) is 0 Å². The molecule has 0 rings (SSSR count). The van der Waals surface area contributed by atoms with Crippen LogP contribution in [0.25, 0.3) is 0 Å². The first-order valence-electron chi connectivity index (χ1n) is 2.69. The zero-order chi connectivity index (χ0) is 8.62. The molecular weight excluding hydrogens is 241 g/mol. The zero-order valence-corrected chi connectivity index (χ0v) is 11.1. The molecule has 6 heteroatoms. The minimum atomic E-state index is -3.67. The van der Waals surface area contributed by atoms with E-state index in [0.29, 0.717) is 6.26 Å². The normalized spacial score (nSPS) is 9.09. The molecule has 0 aromatic heterocycles. The van der Waals surface area contributed by atoms with Crippen LogP contribution in [0.5, 0.6) is 0 Å². The molecule has 11 heavy (non-hydrogen) atoms. The fourth-order valence-electron chi connectivity index (χ4n) is 0.0945. The Morgan fingerprint density at radius 1 is 1.55 bits per heavy atom. The van der Waals surface area contributed by atoms with Gasteiger partial charge in [0.05, 0.1) is 6.26 Å². The van der Waals surface area contributed by atoms with Gasteiger partial charge in [0, 0.05) is 25.4 Å². The van der Waals surface area contributed by atoms with Crippen LogP contribution in [-0.2, 0) is 29.6 Å². The standard InChI is InChI=1S/C4H8Cl.CH4O3S.Zn/c1-2-3-4-5;1-5(2,3)4;/h1-4H2;1H3,(H,2,3,4);/q-1;;. The summed E-state index contributed by atoms with van der Waals surface area (Å²) in [5.41, 5.74) is 0. The van der Waals surface area contributed by atoms with Gasteiger partial charge < -0.3 is 6.92 Å². The van der Waals surface area contributed by atoms with Crippen LogP contribution < -0.4 is 0 Å². The number of alkyl halides is 1. The Hall–Kier alpha value is 0.823. The van der Waals surface area contributed by atoms with Crippen LogP contribution >= 0.6 is 11.6 Å². The van der Waals surface area contributed by atoms with Crippen molar-refractivity contribution in [3.63, 3.8) is 0 Å². The first-order valence-corrected chi connectivity index (χ1v) is 5.07. The summed E-state index contributed by atoms with van der Waals surface area (Å²) < 4.78 is 25.9. The second kappa shape index (κ2) is 10.8. The van der Waals surface area contributed by atoms with Crippen molar-refractivity contribution in [2.45, 2.75) is 12.8 Å². The zero-order valence-electron chi connectivity index (χ0n) is 6.59. The Morgan fingerprint density at radius 2 is 1.82 bits per heavy atom. The summed E-state index contributed by atoms with van der Waals surface area (Å²) in [5.74, 6) is 0.753. The molecule has 0 aliphatic carbocycles. The molecule has 0 radical (unpaired) electrons.